The summed E-state index contributed by atoms with van der Waals surface area (Å²) in [5.41, 5.74) is 3.99. The Morgan fingerprint density at radius 2 is 1.70 bits per heavy atom. The summed E-state index contributed by atoms with van der Waals surface area (Å²) in [6.07, 6.45) is 0. The average molecular weight is 355 g/mol. The number of hydrogen-bond donors (Lipinski definition) is 2. The standard InChI is InChI=1S/C22H17N3O2/c1-14-11-12-17(24-21(26)15-7-3-2-4-8-15)16(13-14)20-22(27)25-19-10-6-5-9-18(19)23-20/h2-13H,1H3,(H,24,26)(H,25,27). The average Bonchev–Trinajstić information content (AvgIpc) is 2.69. The van der Waals surface area contributed by atoms with Crippen LogP contribution in [0.2, 0.25) is 0 Å². The number of para-hydroxylation sites is 2. The van der Waals surface area contributed by atoms with Crippen molar-refractivity contribution in [1.82, 2.24) is 9.97 Å². The third kappa shape index (κ3) is 3.35. The number of aryl methyl sites for hydroxylation is 1. The van der Waals surface area contributed by atoms with E-state index in [9.17, 15) is 9.59 Å². The SMILES string of the molecule is Cc1ccc(NC(=O)c2ccccc2)c(-c2nc3ccccc3[nH]c2=O)c1. The predicted octanol–water partition coefficient (Wildman–Crippen LogP) is 4.15. The molecule has 0 fully saturated rings. The van der Waals surface area contributed by atoms with E-state index in [2.05, 4.69) is 15.3 Å². The van der Waals surface area contributed by atoms with Crippen LogP contribution in [0.1, 0.15) is 15.9 Å². The topological polar surface area (TPSA) is 74.8 Å². The number of aromatic nitrogens is 2. The van der Waals surface area contributed by atoms with Gasteiger partial charge >= 0.3 is 0 Å². The second-order valence-electron chi connectivity index (χ2n) is 6.30. The highest BCUT2D eigenvalue weighted by Crippen LogP contribution is 2.27. The molecule has 1 heterocycles. The van der Waals surface area contributed by atoms with E-state index >= 15 is 0 Å². The molecule has 4 aromatic rings. The second kappa shape index (κ2) is 6.88. The van der Waals surface area contributed by atoms with Crippen LogP contribution in [0.4, 0.5) is 5.69 Å². The van der Waals surface area contributed by atoms with E-state index in [1.54, 1.807) is 30.3 Å². The van der Waals surface area contributed by atoms with Crippen molar-refractivity contribution in [2.75, 3.05) is 5.32 Å². The van der Waals surface area contributed by atoms with Crippen LogP contribution in [-0.4, -0.2) is 15.9 Å². The zero-order chi connectivity index (χ0) is 18.8. The van der Waals surface area contributed by atoms with E-state index in [0.717, 1.165) is 5.56 Å². The van der Waals surface area contributed by atoms with E-state index in [1.807, 2.05) is 49.4 Å². The highest BCUT2D eigenvalue weighted by atomic mass is 16.1. The van der Waals surface area contributed by atoms with E-state index in [-0.39, 0.29) is 17.2 Å². The fourth-order valence-electron chi connectivity index (χ4n) is 2.96. The summed E-state index contributed by atoms with van der Waals surface area (Å²) in [5.74, 6) is -0.238. The molecule has 5 heteroatoms. The molecule has 1 aromatic heterocycles. The summed E-state index contributed by atoms with van der Waals surface area (Å²) in [6, 6.07) is 21.8. The van der Waals surface area contributed by atoms with Gasteiger partial charge in [0.05, 0.1) is 16.7 Å². The van der Waals surface area contributed by atoms with Gasteiger partial charge in [-0.05, 0) is 43.3 Å². The number of hydrogen-bond acceptors (Lipinski definition) is 3. The van der Waals surface area contributed by atoms with Crippen LogP contribution in [0.3, 0.4) is 0 Å². The zero-order valence-corrected chi connectivity index (χ0v) is 14.7. The molecule has 0 radical (unpaired) electrons. The lowest BCUT2D eigenvalue weighted by Gasteiger charge is -2.12. The first-order valence-corrected chi connectivity index (χ1v) is 8.58. The molecule has 5 nitrogen and oxygen atoms in total. The van der Waals surface area contributed by atoms with Gasteiger partial charge in [-0.2, -0.15) is 0 Å². The smallest absolute Gasteiger partial charge is 0.275 e. The van der Waals surface area contributed by atoms with Gasteiger partial charge in [-0.3, -0.25) is 9.59 Å². The lowest BCUT2D eigenvalue weighted by atomic mass is 10.1. The molecule has 0 atom stereocenters. The highest BCUT2D eigenvalue weighted by molar-refractivity contribution is 6.06. The molecule has 0 aliphatic rings. The first-order chi connectivity index (χ1) is 13.1. The maximum absolute atomic E-state index is 12.6. The summed E-state index contributed by atoms with van der Waals surface area (Å²) in [6.45, 7) is 1.93. The number of nitrogens with one attached hydrogen (secondary N) is 2. The van der Waals surface area contributed by atoms with Crippen LogP contribution in [0.5, 0.6) is 0 Å². The van der Waals surface area contributed by atoms with Gasteiger partial charge in [-0.1, -0.05) is 42.0 Å². The molecule has 0 bridgehead atoms. The molecular formula is C22H17N3O2. The van der Waals surface area contributed by atoms with Crippen LogP contribution in [0.25, 0.3) is 22.3 Å². The van der Waals surface area contributed by atoms with E-state index in [0.29, 0.717) is 27.8 Å². The first-order valence-electron chi connectivity index (χ1n) is 8.58. The Labute approximate surface area is 155 Å². The molecule has 0 saturated carbocycles. The van der Waals surface area contributed by atoms with E-state index in [1.165, 1.54) is 0 Å². The van der Waals surface area contributed by atoms with E-state index in [4.69, 9.17) is 0 Å². The van der Waals surface area contributed by atoms with Gasteiger partial charge < -0.3 is 10.3 Å². The minimum Gasteiger partial charge on any atom is -0.321 e. The largest absolute Gasteiger partial charge is 0.321 e. The van der Waals surface area contributed by atoms with Gasteiger partial charge in [-0.25, -0.2) is 4.98 Å². The summed E-state index contributed by atoms with van der Waals surface area (Å²) < 4.78 is 0. The number of nitrogens with zero attached hydrogens (tertiary/aromatic N) is 1. The second-order valence-corrected chi connectivity index (χ2v) is 6.30. The van der Waals surface area contributed by atoms with Crippen molar-refractivity contribution < 1.29 is 4.79 Å². The zero-order valence-electron chi connectivity index (χ0n) is 14.7. The Morgan fingerprint density at radius 3 is 2.52 bits per heavy atom. The molecule has 0 unspecified atom stereocenters. The third-order valence-electron chi connectivity index (χ3n) is 4.31. The van der Waals surface area contributed by atoms with Crippen LogP contribution in [-0.2, 0) is 0 Å². The van der Waals surface area contributed by atoms with Crippen molar-refractivity contribution in [3.63, 3.8) is 0 Å². The Morgan fingerprint density at radius 1 is 0.963 bits per heavy atom. The molecular weight excluding hydrogens is 338 g/mol. The van der Waals surface area contributed by atoms with Gasteiger partial charge in [0, 0.05) is 11.1 Å². The minimum atomic E-state index is -0.297. The van der Waals surface area contributed by atoms with Crippen LogP contribution < -0.4 is 10.9 Å². The lowest BCUT2D eigenvalue weighted by Crippen LogP contribution is -2.16. The number of fused-ring (bicyclic) bond motifs is 1. The number of H-pyrrole nitrogens is 1. The van der Waals surface area contributed by atoms with Crippen molar-refractivity contribution in [3.05, 3.63) is 94.3 Å². The number of rotatable bonds is 3. The van der Waals surface area contributed by atoms with Gasteiger partial charge in [0.25, 0.3) is 11.5 Å². The van der Waals surface area contributed by atoms with Crippen LogP contribution >= 0.6 is 0 Å². The fraction of sp³-hybridized carbons (Fsp3) is 0.0455. The van der Waals surface area contributed by atoms with Crippen molar-refractivity contribution >= 4 is 22.6 Å². The van der Waals surface area contributed by atoms with Gasteiger partial charge in [-0.15, -0.1) is 0 Å². The molecule has 27 heavy (non-hydrogen) atoms. The van der Waals surface area contributed by atoms with E-state index < -0.39 is 0 Å². The molecule has 0 saturated heterocycles. The Kier molecular flexibility index (Phi) is 4.26. The monoisotopic (exact) mass is 355 g/mol. The number of amides is 1. The molecule has 1 amide bonds. The molecule has 0 spiro atoms. The van der Waals surface area contributed by atoms with Crippen molar-refractivity contribution in [1.29, 1.82) is 0 Å². The number of carbonyl (C=O) groups excluding carboxylic acids is 1. The first kappa shape index (κ1) is 16.7. The van der Waals surface area contributed by atoms with Gasteiger partial charge in [0.1, 0.15) is 5.69 Å². The molecule has 132 valence electrons. The number of benzene rings is 3. The molecule has 0 aliphatic carbocycles. The number of carbonyl (C=O) groups is 1. The Balaban J connectivity index is 1.82. The highest BCUT2D eigenvalue weighted by Gasteiger charge is 2.15. The minimum absolute atomic E-state index is 0.238. The van der Waals surface area contributed by atoms with Crippen LogP contribution in [0, 0.1) is 6.92 Å². The third-order valence-corrected chi connectivity index (χ3v) is 4.31. The number of aromatic amines is 1. The Bertz CT molecular complexity index is 1200. The Hall–Kier alpha value is -3.73. The number of anilines is 1. The normalized spacial score (nSPS) is 10.7. The van der Waals surface area contributed by atoms with Crippen molar-refractivity contribution in [2.24, 2.45) is 0 Å². The quantitative estimate of drug-likeness (QED) is 0.580. The summed E-state index contributed by atoms with van der Waals surface area (Å²) >= 11 is 0. The summed E-state index contributed by atoms with van der Waals surface area (Å²) in [4.78, 5) is 32.6. The molecule has 2 N–H and O–H groups in total. The molecule has 3 aromatic carbocycles. The fourth-order valence-corrected chi connectivity index (χ4v) is 2.96. The predicted molar refractivity (Wildman–Crippen MR) is 107 cm³/mol. The van der Waals surface area contributed by atoms with Crippen molar-refractivity contribution in [3.8, 4) is 11.3 Å². The van der Waals surface area contributed by atoms with Crippen LogP contribution in [0.15, 0.2) is 77.6 Å². The summed E-state index contributed by atoms with van der Waals surface area (Å²) in [7, 11) is 0. The maximum Gasteiger partial charge on any atom is 0.275 e. The molecule has 0 aliphatic heterocycles. The van der Waals surface area contributed by atoms with Gasteiger partial charge in [0.2, 0.25) is 0 Å². The summed E-state index contributed by atoms with van der Waals surface area (Å²) in [5, 5.41) is 2.90. The maximum atomic E-state index is 12.6. The molecule has 4 rings (SSSR count). The lowest BCUT2D eigenvalue weighted by molar-refractivity contribution is 0.102. The van der Waals surface area contributed by atoms with Crippen molar-refractivity contribution in [2.45, 2.75) is 6.92 Å². The van der Waals surface area contributed by atoms with Gasteiger partial charge in [0.15, 0.2) is 0 Å².